The molecular formula is C12H20N4S2. The molecule has 2 aromatic rings. The van der Waals surface area contributed by atoms with Crippen molar-refractivity contribution in [1.82, 2.24) is 14.8 Å². The van der Waals surface area contributed by atoms with Gasteiger partial charge in [-0.05, 0) is 6.42 Å². The molecule has 0 saturated carbocycles. The minimum atomic E-state index is 0.286. The minimum Gasteiger partial charge on any atom is -0.297 e. The van der Waals surface area contributed by atoms with Crippen molar-refractivity contribution < 1.29 is 0 Å². The number of nitrogens with one attached hydrogen (secondary N) is 1. The highest BCUT2D eigenvalue weighted by molar-refractivity contribution is 7.99. The Labute approximate surface area is 116 Å². The third-order valence-corrected chi connectivity index (χ3v) is 5.26. The lowest BCUT2D eigenvalue weighted by Gasteiger charge is -2.16. The van der Waals surface area contributed by atoms with Crippen LogP contribution in [0.5, 0.6) is 0 Å². The SMILES string of the molecule is CCC(C)SCC(Cc1cn2ccsc2n1)NN. The molecule has 6 heteroatoms. The molecule has 100 valence electrons. The Morgan fingerprint density at radius 1 is 1.61 bits per heavy atom. The Kier molecular flexibility index (Phi) is 5.05. The lowest BCUT2D eigenvalue weighted by molar-refractivity contribution is 0.569. The van der Waals surface area contributed by atoms with E-state index in [1.165, 1.54) is 6.42 Å². The number of thiazole rings is 1. The number of nitrogens with zero attached hydrogens (tertiary/aromatic N) is 2. The molecule has 2 unspecified atom stereocenters. The predicted octanol–water partition coefficient (Wildman–Crippen LogP) is 2.30. The van der Waals surface area contributed by atoms with E-state index < -0.39 is 0 Å². The second-order valence-corrected chi connectivity index (χ2v) is 6.79. The number of rotatable bonds is 7. The van der Waals surface area contributed by atoms with E-state index >= 15 is 0 Å². The van der Waals surface area contributed by atoms with E-state index in [0.717, 1.165) is 22.8 Å². The molecule has 0 fully saturated rings. The normalized spacial score (nSPS) is 15.1. The number of hydrogen-bond acceptors (Lipinski definition) is 5. The summed E-state index contributed by atoms with van der Waals surface area (Å²) in [7, 11) is 0. The fourth-order valence-corrected chi connectivity index (χ4v) is 3.42. The number of fused-ring (bicyclic) bond motifs is 1. The Balaban J connectivity index is 1.91. The van der Waals surface area contributed by atoms with Crippen LogP contribution in [-0.2, 0) is 6.42 Å². The van der Waals surface area contributed by atoms with E-state index in [9.17, 15) is 0 Å². The molecule has 4 nitrogen and oxygen atoms in total. The maximum Gasteiger partial charge on any atom is 0.193 e. The van der Waals surface area contributed by atoms with Crippen LogP contribution in [0.3, 0.4) is 0 Å². The van der Waals surface area contributed by atoms with Crippen molar-refractivity contribution in [3.8, 4) is 0 Å². The van der Waals surface area contributed by atoms with Crippen molar-refractivity contribution in [1.29, 1.82) is 0 Å². The van der Waals surface area contributed by atoms with E-state index in [0.29, 0.717) is 5.25 Å². The van der Waals surface area contributed by atoms with Crippen LogP contribution in [0, 0.1) is 0 Å². The summed E-state index contributed by atoms with van der Waals surface area (Å²) in [5.41, 5.74) is 4.01. The summed E-state index contributed by atoms with van der Waals surface area (Å²) in [6, 6.07) is 0.286. The Hall–Kier alpha value is -0.560. The third-order valence-electron chi connectivity index (χ3n) is 2.99. The lowest BCUT2D eigenvalue weighted by Crippen LogP contribution is -2.39. The zero-order valence-electron chi connectivity index (χ0n) is 10.8. The molecule has 2 aromatic heterocycles. The summed E-state index contributed by atoms with van der Waals surface area (Å²) < 4.78 is 2.06. The second kappa shape index (κ2) is 6.56. The molecule has 0 aliphatic carbocycles. The number of nitrogens with two attached hydrogens (primary N) is 1. The second-order valence-electron chi connectivity index (χ2n) is 4.45. The number of thioether (sulfide) groups is 1. The zero-order chi connectivity index (χ0) is 13.0. The molecule has 3 N–H and O–H groups in total. The van der Waals surface area contributed by atoms with Crippen LogP contribution in [0.15, 0.2) is 17.8 Å². The molecule has 0 radical (unpaired) electrons. The van der Waals surface area contributed by atoms with Crippen LogP contribution in [0.2, 0.25) is 0 Å². The van der Waals surface area contributed by atoms with Crippen LogP contribution in [0.4, 0.5) is 0 Å². The smallest absolute Gasteiger partial charge is 0.193 e. The number of hydrazine groups is 1. The molecule has 18 heavy (non-hydrogen) atoms. The molecule has 2 rings (SSSR count). The summed E-state index contributed by atoms with van der Waals surface area (Å²) in [6.45, 7) is 4.47. The molecule has 0 aromatic carbocycles. The van der Waals surface area contributed by atoms with E-state index in [1.54, 1.807) is 11.3 Å². The zero-order valence-corrected chi connectivity index (χ0v) is 12.4. The van der Waals surface area contributed by atoms with E-state index in [-0.39, 0.29) is 6.04 Å². The van der Waals surface area contributed by atoms with Crippen LogP contribution >= 0.6 is 23.1 Å². The number of imidazole rings is 1. The first-order chi connectivity index (χ1) is 8.72. The molecule has 0 amide bonds. The van der Waals surface area contributed by atoms with Crippen molar-refractivity contribution in [2.24, 2.45) is 5.84 Å². The highest BCUT2D eigenvalue weighted by Crippen LogP contribution is 2.17. The van der Waals surface area contributed by atoms with Gasteiger partial charge in [0.05, 0.1) is 5.69 Å². The Morgan fingerprint density at radius 3 is 3.11 bits per heavy atom. The van der Waals surface area contributed by atoms with E-state index in [2.05, 4.69) is 34.9 Å². The molecule has 0 spiro atoms. The first kappa shape index (κ1) is 13.9. The van der Waals surface area contributed by atoms with Crippen LogP contribution in [0.1, 0.15) is 26.0 Å². The molecule has 0 bridgehead atoms. The average Bonchev–Trinajstić information content (AvgIpc) is 2.94. The van der Waals surface area contributed by atoms with Crippen molar-refractivity contribution in [3.63, 3.8) is 0 Å². The van der Waals surface area contributed by atoms with Gasteiger partial charge in [-0.15, -0.1) is 11.3 Å². The monoisotopic (exact) mass is 284 g/mol. The Bertz CT molecular complexity index is 451. The molecule has 2 heterocycles. The van der Waals surface area contributed by atoms with Gasteiger partial charge in [0, 0.05) is 41.2 Å². The summed E-state index contributed by atoms with van der Waals surface area (Å²) in [5, 5.41) is 2.73. The Morgan fingerprint density at radius 2 is 2.44 bits per heavy atom. The maximum atomic E-state index is 5.62. The first-order valence-electron chi connectivity index (χ1n) is 6.21. The maximum absolute atomic E-state index is 5.62. The minimum absolute atomic E-state index is 0.286. The van der Waals surface area contributed by atoms with E-state index in [4.69, 9.17) is 5.84 Å². The van der Waals surface area contributed by atoms with Gasteiger partial charge in [-0.2, -0.15) is 11.8 Å². The van der Waals surface area contributed by atoms with Gasteiger partial charge in [-0.1, -0.05) is 13.8 Å². The van der Waals surface area contributed by atoms with Crippen molar-refractivity contribution in [2.75, 3.05) is 5.75 Å². The van der Waals surface area contributed by atoms with Crippen LogP contribution < -0.4 is 11.3 Å². The highest BCUT2D eigenvalue weighted by atomic mass is 32.2. The first-order valence-corrected chi connectivity index (χ1v) is 8.14. The topological polar surface area (TPSA) is 55.3 Å². The fraction of sp³-hybridized carbons (Fsp3) is 0.583. The van der Waals surface area contributed by atoms with Gasteiger partial charge in [-0.25, -0.2) is 4.98 Å². The molecule has 0 aliphatic rings. The van der Waals surface area contributed by atoms with E-state index in [1.807, 2.05) is 23.3 Å². The average molecular weight is 284 g/mol. The predicted molar refractivity (Wildman–Crippen MR) is 80.1 cm³/mol. The summed E-state index contributed by atoms with van der Waals surface area (Å²) in [5.74, 6) is 6.65. The molecule has 2 atom stereocenters. The van der Waals surface area contributed by atoms with Crippen molar-refractivity contribution >= 4 is 28.1 Å². The van der Waals surface area contributed by atoms with Crippen molar-refractivity contribution in [3.05, 3.63) is 23.5 Å². The summed E-state index contributed by atoms with van der Waals surface area (Å²) >= 11 is 3.62. The van der Waals surface area contributed by atoms with Gasteiger partial charge >= 0.3 is 0 Å². The van der Waals surface area contributed by atoms with Crippen LogP contribution in [-0.4, -0.2) is 26.4 Å². The quantitative estimate of drug-likeness (QED) is 0.605. The lowest BCUT2D eigenvalue weighted by atomic mass is 10.2. The molecule has 0 aliphatic heterocycles. The third kappa shape index (κ3) is 3.47. The van der Waals surface area contributed by atoms with Gasteiger partial charge in [-0.3, -0.25) is 15.7 Å². The highest BCUT2D eigenvalue weighted by Gasteiger charge is 2.12. The van der Waals surface area contributed by atoms with Crippen molar-refractivity contribution in [2.45, 2.75) is 38.0 Å². The van der Waals surface area contributed by atoms with Gasteiger partial charge in [0.2, 0.25) is 0 Å². The largest absolute Gasteiger partial charge is 0.297 e. The van der Waals surface area contributed by atoms with Gasteiger partial charge in [0.25, 0.3) is 0 Å². The summed E-state index contributed by atoms with van der Waals surface area (Å²) in [6.07, 6.45) is 6.20. The van der Waals surface area contributed by atoms with Gasteiger partial charge in [0.15, 0.2) is 4.96 Å². The van der Waals surface area contributed by atoms with Gasteiger partial charge < -0.3 is 0 Å². The van der Waals surface area contributed by atoms with Gasteiger partial charge in [0.1, 0.15) is 0 Å². The number of hydrogen-bond donors (Lipinski definition) is 2. The van der Waals surface area contributed by atoms with Crippen LogP contribution in [0.25, 0.3) is 4.96 Å². The molecule has 0 saturated heterocycles. The summed E-state index contributed by atoms with van der Waals surface area (Å²) in [4.78, 5) is 5.64. The fourth-order valence-electron chi connectivity index (χ4n) is 1.69. The standard InChI is InChI=1S/C12H20N4S2/c1-3-9(2)18-8-11(15-13)6-10-7-16-4-5-17-12(16)14-10/h4-5,7,9,11,15H,3,6,8,13H2,1-2H3. The molecular weight excluding hydrogens is 264 g/mol. The number of aromatic nitrogens is 2.